The molecule has 0 saturated carbocycles. The SMILES string of the molecule is CC(C)C(=O)N1CCC(NC(=O)c2cnc(C(=O)O)cn2)CC1. The molecule has 0 radical (unpaired) electrons. The number of carboxylic acids is 1. The van der Waals surface area contributed by atoms with Crippen LogP contribution in [0.3, 0.4) is 0 Å². The van der Waals surface area contributed by atoms with Crippen molar-refractivity contribution in [2.24, 2.45) is 5.92 Å². The van der Waals surface area contributed by atoms with E-state index < -0.39 is 5.97 Å². The fraction of sp³-hybridized carbons (Fsp3) is 0.533. The van der Waals surface area contributed by atoms with Crippen LogP contribution in [0.4, 0.5) is 0 Å². The van der Waals surface area contributed by atoms with Gasteiger partial charge in [-0.2, -0.15) is 0 Å². The third kappa shape index (κ3) is 4.24. The second-order valence-corrected chi connectivity index (χ2v) is 5.82. The summed E-state index contributed by atoms with van der Waals surface area (Å²) in [7, 11) is 0. The minimum absolute atomic E-state index is 0.0239. The van der Waals surface area contributed by atoms with Gasteiger partial charge in [-0.1, -0.05) is 13.8 Å². The van der Waals surface area contributed by atoms with Crippen LogP contribution in [0.5, 0.6) is 0 Å². The maximum absolute atomic E-state index is 12.1. The molecule has 1 saturated heterocycles. The number of likely N-dealkylation sites (tertiary alicyclic amines) is 1. The smallest absolute Gasteiger partial charge is 0.356 e. The van der Waals surface area contributed by atoms with Gasteiger partial charge in [0.1, 0.15) is 5.69 Å². The van der Waals surface area contributed by atoms with Crippen molar-refractivity contribution in [3.63, 3.8) is 0 Å². The lowest BCUT2D eigenvalue weighted by atomic mass is 10.0. The molecule has 1 fully saturated rings. The average molecular weight is 320 g/mol. The zero-order valence-electron chi connectivity index (χ0n) is 13.2. The molecule has 1 aliphatic rings. The van der Waals surface area contributed by atoms with E-state index in [0.717, 1.165) is 12.4 Å². The zero-order valence-corrected chi connectivity index (χ0v) is 13.2. The van der Waals surface area contributed by atoms with Crippen LogP contribution in [0.15, 0.2) is 12.4 Å². The number of carbonyl (C=O) groups is 3. The Morgan fingerprint density at radius 3 is 2.22 bits per heavy atom. The lowest BCUT2D eigenvalue weighted by molar-refractivity contribution is -0.135. The maximum Gasteiger partial charge on any atom is 0.356 e. The summed E-state index contributed by atoms with van der Waals surface area (Å²) in [6.07, 6.45) is 3.58. The highest BCUT2D eigenvalue weighted by Gasteiger charge is 2.25. The zero-order chi connectivity index (χ0) is 17.0. The molecule has 23 heavy (non-hydrogen) atoms. The number of hydrogen-bond donors (Lipinski definition) is 2. The maximum atomic E-state index is 12.1. The van der Waals surface area contributed by atoms with Crippen LogP contribution in [0.1, 0.15) is 47.7 Å². The molecular formula is C15H20N4O4. The van der Waals surface area contributed by atoms with E-state index >= 15 is 0 Å². The number of nitrogens with one attached hydrogen (secondary N) is 1. The first-order valence-electron chi connectivity index (χ1n) is 7.53. The molecule has 0 aromatic carbocycles. The van der Waals surface area contributed by atoms with Gasteiger partial charge < -0.3 is 15.3 Å². The topological polar surface area (TPSA) is 112 Å². The normalized spacial score (nSPS) is 15.5. The van der Waals surface area contributed by atoms with E-state index in [1.807, 2.05) is 18.7 Å². The van der Waals surface area contributed by atoms with Gasteiger partial charge in [-0.15, -0.1) is 0 Å². The van der Waals surface area contributed by atoms with E-state index in [-0.39, 0.29) is 35.2 Å². The largest absolute Gasteiger partial charge is 0.476 e. The predicted molar refractivity (Wildman–Crippen MR) is 80.9 cm³/mol. The Kier molecular flexibility index (Phi) is 5.25. The first kappa shape index (κ1) is 16.9. The van der Waals surface area contributed by atoms with Gasteiger partial charge in [0.2, 0.25) is 5.91 Å². The molecule has 1 aliphatic heterocycles. The lowest BCUT2D eigenvalue weighted by Gasteiger charge is -2.33. The molecule has 2 amide bonds. The van der Waals surface area contributed by atoms with Gasteiger partial charge in [0.25, 0.3) is 5.91 Å². The number of carbonyl (C=O) groups excluding carboxylic acids is 2. The van der Waals surface area contributed by atoms with E-state index in [2.05, 4.69) is 15.3 Å². The Labute approximate surface area is 133 Å². The van der Waals surface area contributed by atoms with Gasteiger partial charge in [-0.05, 0) is 12.8 Å². The minimum Gasteiger partial charge on any atom is -0.476 e. The molecule has 0 aliphatic carbocycles. The number of amides is 2. The summed E-state index contributed by atoms with van der Waals surface area (Å²) in [5, 5.41) is 11.6. The van der Waals surface area contributed by atoms with Crippen molar-refractivity contribution in [3.8, 4) is 0 Å². The quantitative estimate of drug-likeness (QED) is 0.838. The van der Waals surface area contributed by atoms with E-state index in [1.165, 1.54) is 0 Å². The summed E-state index contributed by atoms with van der Waals surface area (Å²) in [6.45, 7) is 4.97. The number of piperidine rings is 1. The monoisotopic (exact) mass is 320 g/mol. The van der Waals surface area contributed by atoms with Gasteiger partial charge >= 0.3 is 5.97 Å². The summed E-state index contributed by atoms with van der Waals surface area (Å²) in [6, 6.07) is -0.0281. The van der Waals surface area contributed by atoms with Crippen molar-refractivity contribution in [3.05, 3.63) is 23.8 Å². The fourth-order valence-electron chi connectivity index (χ4n) is 2.42. The van der Waals surface area contributed by atoms with Crippen LogP contribution in [-0.4, -0.2) is 56.9 Å². The molecule has 1 aromatic heterocycles. The number of rotatable bonds is 4. The lowest BCUT2D eigenvalue weighted by Crippen LogP contribution is -2.47. The van der Waals surface area contributed by atoms with Crippen molar-refractivity contribution in [2.75, 3.05) is 13.1 Å². The van der Waals surface area contributed by atoms with E-state index in [4.69, 9.17) is 5.11 Å². The molecule has 0 spiro atoms. The second-order valence-electron chi connectivity index (χ2n) is 5.82. The second kappa shape index (κ2) is 7.17. The molecule has 2 heterocycles. The first-order valence-corrected chi connectivity index (χ1v) is 7.53. The average Bonchev–Trinajstić information content (AvgIpc) is 2.54. The molecule has 124 valence electrons. The standard InChI is InChI=1S/C15H20N4O4/c1-9(2)14(21)19-5-3-10(4-6-19)18-13(20)11-7-17-12(8-16-11)15(22)23/h7-10H,3-6H2,1-2H3,(H,18,20)(H,22,23). The van der Waals surface area contributed by atoms with Crippen LogP contribution >= 0.6 is 0 Å². The third-order valence-electron chi connectivity index (χ3n) is 3.74. The van der Waals surface area contributed by atoms with Gasteiger partial charge in [0, 0.05) is 25.0 Å². The number of aromatic carboxylic acids is 1. The number of nitrogens with zero attached hydrogens (tertiary/aromatic N) is 3. The van der Waals surface area contributed by atoms with E-state index in [1.54, 1.807) is 0 Å². The summed E-state index contributed by atoms with van der Waals surface area (Å²) < 4.78 is 0. The summed E-state index contributed by atoms with van der Waals surface area (Å²) in [5.41, 5.74) is -0.127. The van der Waals surface area contributed by atoms with Crippen molar-refractivity contribution >= 4 is 17.8 Å². The Morgan fingerprint density at radius 2 is 1.74 bits per heavy atom. The molecule has 8 heteroatoms. The molecule has 8 nitrogen and oxygen atoms in total. The Hall–Kier alpha value is -2.51. The van der Waals surface area contributed by atoms with Gasteiger partial charge in [0.15, 0.2) is 5.69 Å². The molecule has 0 atom stereocenters. The fourth-order valence-corrected chi connectivity index (χ4v) is 2.42. The molecule has 0 unspecified atom stereocenters. The van der Waals surface area contributed by atoms with Gasteiger partial charge in [0.05, 0.1) is 12.4 Å². The van der Waals surface area contributed by atoms with Crippen LogP contribution in [0.25, 0.3) is 0 Å². The molecule has 2 rings (SSSR count). The summed E-state index contributed by atoms with van der Waals surface area (Å²) >= 11 is 0. The Balaban J connectivity index is 1.87. The highest BCUT2D eigenvalue weighted by Crippen LogP contribution is 2.13. The van der Waals surface area contributed by atoms with Gasteiger partial charge in [-0.3, -0.25) is 9.59 Å². The van der Waals surface area contributed by atoms with Crippen molar-refractivity contribution < 1.29 is 19.5 Å². The van der Waals surface area contributed by atoms with Gasteiger partial charge in [-0.25, -0.2) is 14.8 Å². The summed E-state index contributed by atoms with van der Waals surface area (Å²) in [5.74, 6) is -1.47. The third-order valence-corrected chi connectivity index (χ3v) is 3.74. The minimum atomic E-state index is -1.19. The molecular weight excluding hydrogens is 300 g/mol. The summed E-state index contributed by atoms with van der Waals surface area (Å²) in [4.78, 5) is 44.0. The van der Waals surface area contributed by atoms with E-state index in [9.17, 15) is 14.4 Å². The first-order chi connectivity index (χ1) is 10.9. The predicted octanol–water partition coefficient (Wildman–Crippen LogP) is 0.552. The van der Waals surface area contributed by atoms with Crippen LogP contribution < -0.4 is 5.32 Å². The van der Waals surface area contributed by atoms with Crippen LogP contribution in [-0.2, 0) is 4.79 Å². The Bertz CT molecular complexity index is 592. The highest BCUT2D eigenvalue weighted by molar-refractivity contribution is 5.93. The van der Waals surface area contributed by atoms with Crippen molar-refractivity contribution in [1.29, 1.82) is 0 Å². The molecule has 1 aromatic rings. The molecule has 0 bridgehead atoms. The van der Waals surface area contributed by atoms with Crippen molar-refractivity contribution in [2.45, 2.75) is 32.7 Å². The highest BCUT2D eigenvalue weighted by atomic mass is 16.4. The molecule has 2 N–H and O–H groups in total. The number of hydrogen-bond acceptors (Lipinski definition) is 5. The number of aromatic nitrogens is 2. The van der Waals surface area contributed by atoms with Crippen LogP contribution in [0, 0.1) is 5.92 Å². The van der Waals surface area contributed by atoms with E-state index in [0.29, 0.717) is 25.9 Å². The van der Waals surface area contributed by atoms with Crippen molar-refractivity contribution in [1.82, 2.24) is 20.2 Å². The number of carboxylic acid groups (broad SMARTS) is 1. The van der Waals surface area contributed by atoms with Crippen LogP contribution in [0.2, 0.25) is 0 Å². The Morgan fingerprint density at radius 1 is 1.17 bits per heavy atom.